The van der Waals surface area contributed by atoms with Crippen LogP contribution in [0.15, 0.2) is 18.2 Å². The Morgan fingerprint density at radius 2 is 2.21 bits per heavy atom. The van der Waals surface area contributed by atoms with Crippen LogP contribution in [-0.4, -0.2) is 19.0 Å². The molecular weight excluding hydrogens is 242 g/mol. The number of rotatable bonds is 5. The average molecular weight is 258 g/mol. The molecule has 0 aliphatic rings. The summed E-state index contributed by atoms with van der Waals surface area (Å²) < 4.78 is 5.28. The lowest BCUT2D eigenvalue weighted by Crippen LogP contribution is -2.16. The van der Waals surface area contributed by atoms with Gasteiger partial charge in [-0.1, -0.05) is 33.6 Å². The molecule has 0 fully saturated rings. The molecular formula is C11H16BrNO. The Morgan fingerprint density at radius 3 is 2.86 bits per heavy atom. The van der Waals surface area contributed by atoms with E-state index in [2.05, 4.69) is 40.3 Å². The summed E-state index contributed by atoms with van der Waals surface area (Å²) in [5.74, 6) is 0.956. The van der Waals surface area contributed by atoms with Gasteiger partial charge in [-0.15, -0.1) is 0 Å². The molecule has 0 bridgehead atoms. The van der Waals surface area contributed by atoms with Crippen LogP contribution < -0.4 is 10.1 Å². The minimum atomic E-state index is 0.858. The molecule has 1 aromatic rings. The molecule has 2 nitrogen and oxygen atoms in total. The lowest BCUT2D eigenvalue weighted by molar-refractivity contribution is 0.408. The smallest absolute Gasteiger partial charge is 0.123 e. The van der Waals surface area contributed by atoms with E-state index in [1.54, 1.807) is 7.11 Å². The molecule has 0 heterocycles. The van der Waals surface area contributed by atoms with E-state index in [-0.39, 0.29) is 0 Å². The van der Waals surface area contributed by atoms with Crippen molar-refractivity contribution in [3.05, 3.63) is 29.3 Å². The fraction of sp³-hybridized carbons (Fsp3) is 0.455. The van der Waals surface area contributed by atoms with Gasteiger partial charge in [0.2, 0.25) is 0 Å². The Kier molecular flexibility index (Phi) is 4.98. The summed E-state index contributed by atoms with van der Waals surface area (Å²) in [5.41, 5.74) is 2.48. The van der Waals surface area contributed by atoms with Crippen molar-refractivity contribution >= 4 is 15.9 Å². The van der Waals surface area contributed by atoms with Crippen molar-refractivity contribution in [2.75, 3.05) is 19.0 Å². The summed E-state index contributed by atoms with van der Waals surface area (Å²) in [6.07, 6.45) is 0. The van der Waals surface area contributed by atoms with E-state index in [1.165, 1.54) is 11.1 Å². The van der Waals surface area contributed by atoms with Crippen molar-refractivity contribution in [2.45, 2.75) is 13.5 Å². The molecule has 1 aromatic carbocycles. The van der Waals surface area contributed by atoms with E-state index < -0.39 is 0 Å². The van der Waals surface area contributed by atoms with Gasteiger partial charge in [0.1, 0.15) is 5.75 Å². The molecule has 0 unspecified atom stereocenters. The monoisotopic (exact) mass is 257 g/mol. The highest BCUT2D eigenvalue weighted by Crippen LogP contribution is 2.19. The first-order valence-corrected chi connectivity index (χ1v) is 5.80. The molecule has 0 radical (unpaired) electrons. The Morgan fingerprint density at radius 1 is 1.43 bits per heavy atom. The number of aryl methyl sites for hydroxylation is 1. The quantitative estimate of drug-likeness (QED) is 0.647. The van der Waals surface area contributed by atoms with Gasteiger partial charge in [-0.3, -0.25) is 0 Å². The first-order chi connectivity index (χ1) is 6.77. The van der Waals surface area contributed by atoms with Gasteiger partial charge in [-0.05, 0) is 13.0 Å². The third-order valence-corrected chi connectivity index (χ3v) is 2.42. The molecule has 0 atom stereocenters. The van der Waals surface area contributed by atoms with Crippen molar-refractivity contribution in [2.24, 2.45) is 0 Å². The number of halogens is 1. The number of ether oxygens (including phenoxy) is 1. The minimum Gasteiger partial charge on any atom is -0.496 e. The number of benzene rings is 1. The van der Waals surface area contributed by atoms with E-state index in [0.717, 1.165) is 24.2 Å². The molecule has 0 aliphatic carbocycles. The van der Waals surface area contributed by atoms with Gasteiger partial charge < -0.3 is 10.1 Å². The van der Waals surface area contributed by atoms with Gasteiger partial charge in [-0.2, -0.15) is 0 Å². The largest absolute Gasteiger partial charge is 0.496 e. The molecule has 0 aliphatic heterocycles. The number of methoxy groups -OCH3 is 1. The van der Waals surface area contributed by atoms with E-state index in [4.69, 9.17) is 4.74 Å². The third-order valence-electron chi connectivity index (χ3n) is 2.02. The Labute approximate surface area is 93.8 Å². The van der Waals surface area contributed by atoms with Crippen LogP contribution in [0.3, 0.4) is 0 Å². The van der Waals surface area contributed by atoms with E-state index in [1.807, 2.05) is 6.07 Å². The Bertz CT molecular complexity index is 289. The van der Waals surface area contributed by atoms with Gasteiger partial charge in [0.15, 0.2) is 0 Å². The van der Waals surface area contributed by atoms with Gasteiger partial charge >= 0.3 is 0 Å². The van der Waals surface area contributed by atoms with Crippen molar-refractivity contribution in [1.82, 2.24) is 5.32 Å². The number of hydrogen-bond donors (Lipinski definition) is 1. The number of hydrogen-bond acceptors (Lipinski definition) is 2. The van der Waals surface area contributed by atoms with Crippen LogP contribution in [0.25, 0.3) is 0 Å². The Balaban J connectivity index is 2.67. The molecule has 1 rings (SSSR count). The lowest BCUT2D eigenvalue weighted by atomic mass is 10.1. The average Bonchev–Trinajstić information content (AvgIpc) is 2.19. The van der Waals surface area contributed by atoms with Crippen molar-refractivity contribution in [1.29, 1.82) is 0 Å². The second kappa shape index (κ2) is 6.04. The van der Waals surface area contributed by atoms with Crippen molar-refractivity contribution < 1.29 is 4.74 Å². The fourth-order valence-corrected chi connectivity index (χ4v) is 1.62. The summed E-state index contributed by atoms with van der Waals surface area (Å²) in [7, 11) is 1.71. The molecule has 0 saturated heterocycles. The second-order valence-electron chi connectivity index (χ2n) is 3.18. The highest BCUT2D eigenvalue weighted by Gasteiger charge is 2.01. The van der Waals surface area contributed by atoms with Gasteiger partial charge in [-0.25, -0.2) is 0 Å². The highest BCUT2D eigenvalue weighted by molar-refractivity contribution is 9.09. The van der Waals surface area contributed by atoms with Crippen LogP contribution in [0.1, 0.15) is 11.1 Å². The van der Waals surface area contributed by atoms with Gasteiger partial charge in [0.25, 0.3) is 0 Å². The zero-order chi connectivity index (χ0) is 10.4. The maximum Gasteiger partial charge on any atom is 0.123 e. The van der Waals surface area contributed by atoms with Gasteiger partial charge in [0, 0.05) is 24.0 Å². The predicted molar refractivity (Wildman–Crippen MR) is 63.2 cm³/mol. The first kappa shape index (κ1) is 11.5. The summed E-state index contributed by atoms with van der Waals surface area (Å²) in [6.45, 7) is 3.92. The molecule has 78 valence electrons. The third kappa shape index (κ3) is 3.31. The summed E-state index contributed by atoms with van der Waals surface area (Å²) >= 11 is 3.38. The topological polar surface area (TPSA) is 21.3 Å². The zero-order valence-corrected chi connectivity index (χ0v) is 10.2. The van der Waals surface area contributed by atoms with Crippen molar-refractivity contribution in [3.63, 3.8) is 0 Å². The van der Waals surface area contributed by atoms with Crippen LogP contribution >= 0.6 is 15.9 Å². The van der Waals surface area contributed by atoms with E-state index in [9.17, 15) is 0 Å². The van der Waals surface area contributed by atoms with Crippen LogP contribution in [0.2, 0.25) is 0 Å². The van der Waals surface area contributed by atoms with Crippen LogP contribution in [-0.2, 0) is 6.54 Å². The predicted octanol–water partition coefficient (Wildman–Crippen LogP) is 2.49. The lowest BCUT2D eigenvalue weighted by Gasteiger charge is -2.09. The molecule has 1 N–H and O–H groups in total. The summed E-state index contributed by atoms with van der Waals surface area (Å²) in [6, 6.07) is 6.23. The van der Waals surface area contributed by atoms with Gasteiger partial charge in [0.05, 0.1) is 7.11 Å². The van der Waals surface area contributed by atoms with E-state index >= 15 is 0 Å². The number of nitrogens with one attached hydrogen (secondary N) is 1. The second-order valence-corrected chi connectivity index (χ2v) is 3.97. The van der Waals surface area contributed by atoms with Crippen molar-refractivity contribution in [3.8, 4) is 5.75 Å². The van der Waals surface area contributed by atoms with Crippen LogP contribution in [0.5, 0.6) is 5.75 Å². The molecule has 0 saturated carbocycles. The minimum absolute atomic E-state index is 0.858. The fourth-order valence-electron chi connectivity index (χ4n) is 1.34. The summed E-state index contributed by atoms with van der Waals surface area (Å²) in [4.78, 5) is 0. The maximum atomic E-state index is 5.28. The zero-order valence-electron chi connectivity index (χ0n) is 8.64. The normalized spacial score (nSPS) is 10.2. The molecule has 0 amide bonds. The standard InChI is InChI=1S/C11H16BrNO/c1-9-3-4-11(14-2)10(7-9)8-13-6-5-12/h3-4,7,13H,5-6,8H2,1-2H3. The van der Waals surface area contributed by atoms with Crippen LogP contribution in [0, 0.1) is 6.92 Å². The molecule has 0 aromatic heterocycles. The van der Waals surface area contributed by atoms with E-state index in [0.29, 0.717) is 0 Å². The first-order valence-electron chi connectivity index (χ1n) is 4.68. The van der Waals surface area contributed by atoms with Crippen LogP contribution in [0.4, 0.5) is 0 Å². The SMILES string of the molecule is COc1ccc(C)cc1CNCCBr. The maximum absolute atomic E-state index is 5.28. The Hall–Kier alpha value is -0.540. The number of alkyl halides is 1. The molecule has 3 heteroatoms. The highest BCUT2D eigenvalue weighted by atomic mass is 79.9. The summed E-state index contributed by atoms with van der Waals surface area (Å²) in [5, 5.41) is 4.30. The molecule has 0 spiro atoms. The molecule has 14 heavy (non-hydrogen) atoms.